The third-order valence-electron chi connectivity index (χ3n) is 3.57. The topological polar surface area (TPSA) is 97.5 Å². The van der Waals surface area contributed by atoms with Crippen LogP contribution in [0, 0.1) is 10.1 Å². The number of rotatable bonds is 5. The minimum absolute atomic E-state index is 0.00867. The number of nitrogens with zero attached hydrogens (tertiary/aromatic N) is 3. The molecule has 0 saturated heterocycles. The van der Waals surface area contributed by atoms with Crippen LogP contribution in [0.1, 0.15) is 11.1 Å². The number of para-hydroxylation sites is 1. The van der Waals surface area contributed by atoms with Crippen LogP contribution in [0.25, 0.3) is 10.9 Å². The third-order valence-corrected chi connectivity index (χ3v) is 3.57. The summed E-state index contributed by atoms with van der Waals surface area (Å²) in [5.41, 5.74) is 4.72. The van der Waals surface area contributed by atoms with Crippen molar-refractivity contribution in [1.82, 2.24) is 10.4 Å². The highest BCUT2D eigenvalue weighted by molar-refractivity contribution is 5.97. The molecule has 0 bridgehead atoms. The van der Waals surface area contributed by atoms with Crippen molar-refractivity contribution in [3.63, 3.8) is 0 Å². The molecule has 1 amide bonds. The second kappa shape index (κ2) is 7.31. The zero-order valence-corrected chi connectivity index (χ0v) is 13.1. The van der Waals surface area contributed by atoms with E-state index in [1.165, 1.54) is 12.1 Å². The molecule has 0 spiro atoms. The van der Waals surface area contributed by atoms with Gasteiger partial charge in [0, 0.05) is 29.3 Å². The number of carbonyl (C=O) groups is 1. The SMILES string of the molecule is O=C(Cc1ccc([N+](=O)[O-])cc1)NN=Cc1cccc2cccnc12. The van der Waals surface area contributed by atoms with Crippen LogP contribution in [0.15, 0.2) is 65.9 Å². The first-order valence-corrected chi connectivity index (χ1v) is 7.52. The van der Waals surface area contributed by atoms with Crippen molar-refractivity contribution in [2.45, 2.75) is 6.42 Å². The number of hydrazone groups is 1. The first kappa shape index (κ1) is 16.3. The van der Waals surface area contributed by atoms with Crippen LogP contribution in [0.4, 0.5) is 5.69 Å². The van der Waals surface area contributed by atoms with Crippen LogP contribution in [-0.2, 0) is 11.2 Å². The molecule has 0 saturated carbocycles. The maximum Gasteiger partial charge on any atom is 0.269 e. The molecule has 2 aromatic carbocycles. The van der Waals surface area contributed by atoms with E-state index in [0.717, 1.165) is 16.5 Å². The van der Waals surface area contributed by atoms with Crippen LogP contribution in [0.5, 0.6) is 0 Å². The summed E-state index contributed by atoms with van der Waals surface area (Å²) in [5, 5.41) is 15.6. The lowest BCUT2D eigenvalue weighted by atomic mass is 10.1. The highest BCUT2D eigenvalue weighted by Crippen LogP contribution is 2.14. The minimum Gasteiger partial charge on any atom is -0.273 e. The van der Waals surface area contributed by atoms with E-state index in [1.54, 1.807) is 24.5 Å². The summed E-state index contributed by atoms with van der Waals surface area (Å²) in [5.74, 6) is -0.307. The number of pyridine rings is 1. The lowest BCUT2D eigenvalue weighted by Gasteiger charge is -2.02. The van der Waals surface area contributed by atoms with Crippen molar-refractivity contribution in [2.75, 3.05) is 0 Å². The van der Waals surface area contributed by atoms with Gasteiger partial charge in [-0.15, -0.1) is 0 Å². The summed E-state index contributed by atoms with van der Waals surface area (Å²) in [4.78, 5) is 26.3. The van der Waals surface area contributed by atoms with Crippen LogP contribution in [0.2, 0.25) is 0 Å². The Kier molecular flexibility index (Phi) is 4.75. The normalized spacial score (nSPS) is 10.9. The predicted molar refractivity (Wildman–Crippen MR) is 94.3 cm³/mol. The van der Waals surface area contributed by atoms with Crippen LogP contribution < -0.4 is 5.43 Å². The Balaban J connectivity index is 1.63. The first-order valence-electron chi connectivity index (χ1n) is 7.52. The largest absolute Gasteiger partial charge is 0.273 e. The summed E-state index contributed by atoms with van der Waals surface area (Å²) < 4.78 is 0. The molecular weight excluding hydrogens is 320 g/mol. The zero-order valence-electron chi connectivity index (χ0n) is 13.1. The molecule has 0 fully saturated rings. The zero-order chi connectivity index (χ0) is 17.6. The molecule has 3 rings (SSSR count). The van der Waals surface area contributed by atoms with Gasteiger partial charge in [-0.25, -0.2) is 5.43 Å². The van der Waals surface area contributed by atoms with Crippen molar-refractivity contribution in [2.24, 2.45) is 5.10 Å². The van der Waals surface area contributed by atoms with Gasteiger partial charge in [-0.1, -0.05) is 36.4 Å². The Morgan fingerprint density at radius 1 is 1.16 bits per heavy atom. The lowest BCUT2D eigenvalue weighted by Crippen LogP contribution is -2.19. The molecule has 7 heteroatoms. The Bertz CT molecular complexity index is 947. The smallest absolute Gasteiger partial charge is 0.269 e. The fourth-order valence-corrected chi connectivity index (χ4v) is 2.37. The molecule has 3 aromatic rings. The monoisotopic (exact) mass is 334 g/mol. The highest BCUT2D eigenvalue weighted by Gasteiger charge is 2.07. The Labute approximate surface area is 143 Å². The molecule has 0 radical (unpaired) electrons. The van der Waals surface area contributed by atoms with Crippen LogP contribution in [-0.4, -0.2) is 22.0 Å². The number of non-ortho nitro benzene ring substituents is 1. The summed E-state index contributed by atoms with van der Waals surface area (Å²) in [7, 11) is 0. The summed E-state index contributed by atoms with van der Waals surface area (Å²) in [6.07, 6.45) is 3.33. The molecule has 1 N–H and O–H groups in total. The van der Waals surface area contributed by atoms with E-state index >= 15 is 0 Å². The van der Waals surface area contributed by atoms with Gasteiger partial charge in [-0.3, -0.25) is 19.9 Å². The molecule has 0 atom stereocenters. The average molecular weight is 334 g/mol. The van der Waals surface area contributed by atoms with Crippen molar-refractivity contribution >= 4 is 28.7 Å². The molecule has 0 aliphatic carbocycles. The third kappa shape index (κ3) is 4.03. The van der Waals surface area contributed by atoms with Crippen molar-refractivity contribution < 1.29 is 9.72 Å². The summed E-state index contributed by atoms with van der Waals surface area (Å²) >= 11 is 0. The molecule has 124 valence electrons. The molecule has 1 aromatic heterocycles. The molecule has 0 aliphatic heterocycles. The van der Waals surface area contributed by atoms with Gasteiger partial charge in [0.1, 0.15) is 0 Å². The van der Waals surface area contributed by atoms with Crippen molar-refractivity contribution in [3.8, 4) is 0 Å². The Morgan fingerprint density at radius 3 is 2.68 bits per heavy atom. The summed E-state index contributed by atoms with van der Waals surface area (Å²) in [6.45, 7) is 0. The van der Waals surface area contributed by atoms with Crippen LogP contribution >= 0.6 is 0 Å². The number of nitrogens with one attached hydrogen (secondary N) is 1. The minimum atomic E-state index is -0.480. The second-order valence-corrected chi connectivity index (χ2v) is 5.32. The number of carbonyl (C=O) groups excluding carboxylic acids is 1. The van der Waals surface area contributed by atoms with Gasteiger partial charge < -0.3 is 0 Å². The van der Waals surface area contributed by atoms with E-state index in [1.807, 2.05) is 30.3 Å². The fraction of sp³-hybridized carbons (Fsp3) is 0.0556. The molecular formula is C18H14N4O3. The van der Waals surface area contributed by atoms with E-state index in [4.69, 9.17) is 0 Å². The highest BCUT2D eigenvalue weighted by atomic mass is 16.6. The molecule has 25 heavy (non-hydrogen) atoms. The molecule has 7 nitrogen and oxygen atoms in total. The van der Waals surface area contributed by atoms with Gasteiger partial charge >= 0.3 is 0 Å². The molecule has 1 heterocycles. The van der Waals surface area contributed by atoms with E-state index in [-0.39, 0.29) is 18.0 Å². The number of hydrogen-bond donors (Lipinski definition) is 1. The van der Waals surface area contributed by atoms with Crippen molar-refractivity contribution in [3.05, 3.63) is 82.0 Å². The number of hydrogen-bond acceptors (Lipinski definition) is 5. The van der Waals surface area contributed by atoms with Gasteiger partial charge in [0.25, 0.3) is 5.69 Å². The standard InChI is InChI=1S/C18H14N4O3/c23-17(11-13-6-8-16(9-7-13)22(24)25)21-20-12-15-4-1-3-14-5-2-10-19-18(14)15/h1-10,12H,11H2,(H,21,23). The summed E-state index contributed by atoms with van der Waals surface area (Å²) in [6, 6.07) is 15.4. The maximum atomic E-state index is 11.9. The average Bonchev–Trinajstić information content (AvgIpc) is 2.62. The van der Waals surface area contributed by atoms with E-state index < -0.39 is 4.92 Å². The van der Waals surface area contributed by atoms with Gasteiger partial charge in [0.05, 0.1) is 23.1 Å². The Morgan fingerprint density at radius 2 is 1.92 bits per heavy atom. The fourth-order valence-electron chi connectivity index (χ4n) is 2.37. The Hall–Kier alpha value is -3.61. The number of fused-ring (bicyclic) bond motifs is 1. The van der Waals surface area contributed by atoms with Gasteiger partial charge in [-0.05, 0) is 11.6 Å². The van der Waals surface area contributed by atoms with E-state index in [2.05, 4.69) is 15.5 Å². The molecule has 0 unspecified atom stereocenters. The molecule has 0 aliphatic rings. The van der Waals surface area contributed by atoms with Gasteiger partial charge in [0.2, 0.25) is 5.91 Å². The number of aromatic nitrogens is 1. The van der Waals surface area contributed by atoms with Gasteiger partial charge in [-0.2, -0.15) is 5.10 Å². The van der Waals surface area contributed by atoms with E-state index in [0.29, 0.717) is 5.56 Å². The number of nitro benzene ring substituents is 1. The number of nitro groups is 1. The predicted octanol–water partition coefficient (Wildman–Crippen LogP) is 2.84. The first-order chi connectivity index (χ1) is 12.1. The number of benzene rings is 2. The second-order valence-electron chi connectivity index (χ2n) is 5.32. The lowest BCUT2D eigenvalue weighted by molar-refractivity contribution is -0.384. The number of amides is 1. The quantitative estimate of drug-likeness (QED) is 0.441. The van der Waals surface area contributed by atoms with Crippen molar-refractivity contribution in [1.29, 1.82) is 0 Å². The van der Waals surface area contributed by atoms with Gasteiger partial charge in [0.15, 0.2) is 0 Å². The van der Waals surface area contributed by atoms with E-state index in [9.17, 15) is 14.9 Å². The maximum absolute atomic E-state index is 11.9. The van der Waals surface area contributed by atoms with Crippen LogP contribution in [0.3, 0.4) is 0 Å².